The molecule has 0 aliphatic carbocycles. The first-order chi connectivity index (χ1) is 14.5. The van der Waals surface area contributed by atoms with E-state index in [2.05, 4.69) is 26.6 Å². The van der Waals surface area contributed by atoms with Crippen molar-refractivity contribution in [2.45, 2.75) is 19.5 Å². The molecule has 0 unspecified atom stereocenters. The first kappa shape index (κ1) is 21.6. The smallest absolute Gasteiger partial charge is 0.258 e. The zero-order chi connectivity index (χ0) is 21.3. The molecule has 0 aliphatic rings. The van der Waals surface area contributed by atoms with Gasteiger partial charge in [0.05, 0.1) is 6.04 Å². The van der Waals surface area contributed by atoms with Gasteiger partial charge in [-0.2, -0.15) is 0 Å². The predicted octanol–water partition coefficient (Wildman–Crippen LogP) is 4.64. The Bertz CT molecular complexity index is 991. The van der Waals surface area contributed by atoms with Gasteiger partial charge < -0.3 is 15.4 Å². The molecule has 0 fully saturated rings. The van der Waals surface area contributed by atoms with Crippen molar-refractivity contribution in [2.24, 2.45) is 0 Å². The van der Waals surface area contributed by atoms with E-state index in [1.165, 1.54) is 0 Å². The number of hydrogen-bond acceptors (Lipinski definition) is 3. The molecule has 3 aromatic carbocycles. The van der Waals surface area contributed by atoms with Gasteiger partial charge in [0.2, 0.25) is 0 Å². The minimum absolute atomic E-state index is 0.129. The van der Waals surface area contributed by atoms with Crippen molar-refractivity contribution in [1.29, 1.82) is 0 Å². The maximum absolute atomic E-state index is 12.4. The fourth-order valence-electron chi connectivity index (χ4n) is 2.87. The number of rotatable bonds is 8. The van der Waals surface area contributed by atoms with E-state index in [-0.39, 0.29) is 24.5 Å². The van der Waals surface area contributed by atoms with Crippen LogP contribution in [0.15, 0.2) is 83.3 Å². The van der Waals surface area contributed by atoms with Gasteiger partial charge in [-0.15, -0.1) is 0 Å². The average Bonchev–Trinajstić information content (AvgIpc) is 2.77. The Kier molecular flexibility index (Phi) is 7.63. The monoisotopic (exact) mass is 466 g/mol. The Labute approximate surface area is 184 Å². The van der Waals surface area contributed by atoms with E-state index in [0.717, 1.165) is 15.6 Å². The number of carbonyl (C=O) groups excluding carboxylic acids is 2. The summed E-state index contributed by atoms with van der Waals surface area (Å²) in [6.07, 6.45) is 0. The Morgan fingerprint density at radius 2 is 1.70 bits per heavy atom. The first-order valence-corrected chi connectivity index (χ1v) is 10.4. The van der Waals surface area contributed by atoms with Crippen LogP contribution in [0.3, 0.4) is 0 Å². The van der Waals surface area contributed by atoms with Crippen LogP contribution in [0.2, 0.25) is 0 Å². The van der Waals surface area contributed by atoms with Crippen molar-refractivity contribution in [3.05, 3.63) is 100 Å². The normalized spacial score (nSPS) is 11.4. The van der Waals surface area contributed by atoms with E-state index in [1.54, 1.807) is 24.3 Å². The van der Waals surface area contributed by atoms with Gasteiger partial charge in [0, 0.05) is 16.6 Å². The molecule has 0 aromatic heterocycles. The van der Waals surface area contributed by atoms with Gasteiger partial charge in [-0.25, -0.2) is 0 Å². The molecule has 154 valence electrons. The number of carbonyl (C=O) groups is 2. The molecule has 5 nitrogen and oxygen atoms in total. The Hall–Kier alpha value is -3.12. The number of ether oxygens (including phenoxy) is 1. The molecular formula is C24H23BrN2O3. The van der Waals surface area contributed by atoms with E-state index in [0.29, 0.717) is 17.9 Å². The zero-order valence-electron chi connectivity index (χ0n) is 16.6. The lowest BCUT2D eigenvalue weighted by atomic mass is 10.1. The van der Waals surface area contributed by atoms with Gasteiger partial charge in [0.1, 0.15) is 5.75 Å². The Morgan fingerprint density at radius 1 is 0.967 bits per heavy atom. The largest absolute Gasteiger partial charge is 0.484 e. The van der Waals surface area contributed by atoms with Crippen LogP contribution in [-0.4, -0.2) is 18.4 Å². The molecule has 0 bridgehead atoms. The summed E-state index contributed by atoms with van der Waals surface area (Å²) < 4.78 is 6.56. The highest BCUT2D eigenvalue weighted by Gasteiger charge is 2.11. The van der Waals surface area contributed by atoms with Crippen molar-refractivity contribution in [2.75, 3.05) is 6.61 Å². The van der Waals surface area contributed by atoms with Crippen LogP contribution in [0, 0.1) is 0 Å². The summed E-state index contributed by atoms with van der Waals surface area (Å²) in [6.45, 7) is 2.23. The van der Waals surface area contributed by atoms with Gasteiger partial charge >= 0.3 is 0 Å². The highest BCUT2D eigenvalue weighted by atomic mass is 79.9. The summed E-state index contributed by atoms with van der Waals surface area (Å²) in [5.41, 5.74) is 2.51. The van der Waals surface area contributed by atoms with Gasteiger partial charge in [-0.3, -0.25) is 9.59 Å². The standard InChI is InChI=1S/C24H23BrN2O3/c1-17(19-10-12-21(25)13-11-19)27-23(28)16-30-22-9-5-8-20(14-22)24(29)26-15-18-6-3-2-4-7-18/h2-14,17H,15-16H2,1H3,(H,26,29)(H,27,28)/t17-/m0/s1. The van der Waals surface area contributed by atoms with Crippen molar-refractivity contribution in [3.8, 4) is 5.75 Å². The van der Waals surface area contributed by atoms with Gasteiger partial charge in [-0.1, -0.05) is 64.5 Å². The number of benzene rings is 3. The van der Waals surface area contributed by atoms with Crippen LogP contribution in [-0.2, 0) is 11.3 Å². The first-order valence-electron chi connectivity index (χ1n) is 9.61. The van der Waals surface area contributed by atoms with Crippen LogP contribution >= 0.6 is 15.9 Å². The van der Waals surface area contributed by atoms with Crippen LogP contribution < -0.4 is 15.4 Å². The molecule has 3 rings (SSSR count). The number of nitrogens with one attached hydrogen (secondary N) is 2. The quantitative estimate of drug-likeness (QED) is 0.508. The summed E-state index contributed by atoms with van der Waals surface area (Å²) in [5.74, 6) is 0.0378. The lowest BCUT2D eigenvalue weighted by Gasteiger charge is -2.15. The fourth-order valence-corrected chi connectivity index (χ4v) is 3.14. The third-order valence-corrected chi connectivity index (χ3v) is 5.04. The number of halogens is 1. The molecule has 0 saturated carbocycles. The van der Waals surface area contributed by atoms with Crippen molar-refractivity contribution < 1.29 is 14.3 Å². The second-order valence-electron chi connectivity index (χ2n) is 6.83. The van der Waals surface area contributed by atoms with Gasteiger partial charge in [-0.05, 0) is 48.4 Å². The van der Waals surface area contributed by atoms with Gasteiger partial charge in [0.25, 0.3) is 11.8 Å². The van der Waals surface area contributed by atoms with E-state index in [4.69, 9.17) is 4.74 Å². The second-order valence-corrected chi connectivity index (χ2v) is 7.74. The molecule has 0 saturated heterocycles. The SMILES string of the molecule is C[C@H](NC(=O)COc1cccc(C(=O)NCc2ccccc2)c1)c1ccc(Br)cc1. The molecule has 2 N–H and O–H groups in total. The number of hydrogen-bond donors (Lipinski definition) is 2. The maximum atomic E-state index is 12.4. The van der Waals surface area contributed by atoms with Gasteiger partial charge in [0.15, 0.2) is 6.61 Å². The van der Waals surface area contributed by atoms with Crippen molar-refractivity contribution in [1.82, 2.24) is 10.6 Å². The topological polar surface area (TPSA) is 67.4 Å². The summed E-state index contributed by atoms with van der Waals surface area (Å²) >= 11 is 3.40. The van der Waals surface area contributed by atoms with Crippen LogP contribution in [0.5, 0.6) is 5.75 Å². The highest BCUT2D eigenvalue weighted by Crippen LogP contribution is 2.17. The minimum Gasteiger partial charge on any atom is -0.484 e. The Balaban J connectivity index is 1.50. The molecule has 30 heavy (non-hydrogen) atoms. The van der Waals surface area contributed by atoms with E-state index >= 15 is 0 Å². The minimum atomic E-state index is -0.232. The summed E-state index contributed by atoms with van der Waals surface area (Å²) in [6, 6.07) is 24.1. The van der Waals surface area contributed by atoms with Crippen LogP contribution in [0.1, 0.15) is 34.5 Å². The number of amides is 2. The fraction of sp³-hybridized carbons (Fsp3) is 0.167. The van der Waals surface area contributed by atoms with E-state index in [1.807, 2.05) is 61.5 Å². The molecule has 0 radical (unpaired) electrons. The molecule has 2 amide bonds. The average molecular weight is 467 g/mol. The van der Waals surface area contributed by atoms with E-state index < -0.39 is 0 Å². The zero-order valence-corrected chi connectivity index (χ0v) is 18.2. The highest BCUT2D eigenvalue weighted by molar-refractivity contribution is 9.10. The van der Waals surface area contributed by atoms with Crippen molar-refractivity contribution in [3.63, 3.8) is 0 Å². The summed E-state index contributed by atoms with van der Waals surface area (Å²) in [4.78, 5) is 24.6. The third kappa shape index (κ3) is 6.46. The second kappa shape index (κ2) is 10.6. The Morgan fingerprint density at radius 3 is 2.43 bits per heavy atom. The van der Waals surface area contributed by atoms with Crippen LogP contribution in [0.4, 0.5) is 0 Å². The molecule has 6 heteroatoms. The molecule has 0 aliphatic heterocycles. The summed E-state index contributed by atoms with van der Waals surface area (Å²) in [5, 5.41) is 5.78. The third-order valence-electron chi connectivity index (χ3n) is 4.51. The molecular weight excluding hydrogens is 444 g/mol. The molecule has 1 atom stereocenters. The van der Waals surface area contributed by atoms with E-state index in [9.17, 15) is 9.59 Å². The summed E-state index contributed by atoms with van der Waals surface area (Å²) in [7, 11) is 0. The molecule has 0 heterocycles. The van der Waals surface area contributed by atoms with Crippen LogP contribution in [0.25, 0.3) is 0 Å². The molecule has 0 spiro atoms. The lowest BCUT2D eigenvalue weighted by Crippen LogP contribution is -2.31. The molecule has 3 aromatic rings. The maximum Gasteiger partial charge on any atom is 0.258 e. The van der Waals surface area contributed by atoms with Crippen molar-refractivity contribution >= 4 is 27.7 Å². The predicted molar refractivity (Wildman–Crippen MR) is 120 cm³/mol. The lowest BCUT2D eigenvalue weighted by molar-refractivity contribution is -0.123.